The van der Waals surface area contributed by atoms with Crippen LogP contribution in [0.25, 0.3) is 16.7 Å². The van der Waals surface area contributed by atoms with Crippen molar-refractivity contribution in [3.8, 4) is 11.4 Å². The van der Waals surface area contributed by atoms with E-state index in [4.69, 9.17) is 14.5 Å². The lowest BCUT2D eigenvalue weighted by atomic mass is 9.97. The number of nitrogens with zero attached hydrogens (tertiary/aromatic N) is 2. The van der Waals surface area contributed by atoms with E-state index in [2.05, 4.69) is 79.2 Å². The average Bonchev–Trinajstić information content (AvgIpc) is 3.45. The Morgan fingerprint density at radius 3 is 2.80 bits per heavy atom. The topological polar surface area (TPSA) is 65.4 Å². The van der Waals surface area contributed by atoms with E-state index in [1.165, 1.54) is 35.0 Å². The SMILES string of the molecule is CCc1nc2cccc(C)c2n1-c1cccc(CNc2ccc3c(c2)OC[C@H]3CC(=O)OC)c1C. The van der Waals surface area contributed by atoms with Crippen molar-refractivity contribution in [2.45, 2.75) is 46.1 Å². The highest BCUT2D eigenvalue weighted by Crippen LogP contribution is 2.38. The number of methoxy groups -OCH3 is 1. The molecular formula is C29H31N3O3. The number of rotatable bonds is 7. The highest BCUT2D eigenvalue weighted by atomic mass is 16.5. The Morgan fingerprint density at radius 1 is 1.17 bits per heavy atom. The number of aromatic nitrogens is 2. The zero-order valence-corrected chi connectivity index (χ0v) is 20.7. The lowest BCUT2D eigenvalue weighted by molar-refractivity contribution is -0.141. The molecule has 0 saturated carbocycles. The Hall–Kier alpha value is -3.80. The summed E-state index contributed by atoms with van der Waals surface area (Å²) in [6.07, 6.45) is 1.20. The van der Waals surface area contributed by atoms with Gasteiger partial charge in [0, 0.05) is 36.2 Å². The number of anilines is 1. The number of fused-ring (bicyclic) bond motifs is 2. The van der Waals surface area contributed by atoms with Gasteiger partial charge in [-0.3, -0.25) is 9.36 Å². The van der Waals surface area contributed by atoms with Gasteiger partial charge in [0.25, 0.3) is 0 Å². The number of hydrogen-bond donors (Lipinski definition) is 1. The minimum Gasteiger partial charge on any atom is -0.493 e. The third-order valence-corrected chi connectivity index (χ3v) is 6.94. The lowest BCUT2D eigenvalue weighted by Gasteiger charge is -2.17. The van der Waals surface area contributed by atoms with Crippen molar-refractivity contribution in [1.29, 1.82) is 0 Å². The van der Waals surface area contributed by atoms with Crippen molar-refractivity contribution >= 4 is 22.7 Å². The van der Waals surface area contributed by atoms with Crippen LogP contribution >= 0.6 is 0 Å². The predicted molar refractivity (Wildman–Crippen MR) is 139 cm³/mol. The number of carbonyl (C=O) groups is 1. The van der Waals surface area contributed by atoms with Gasteiger partial charge in [-0.25, -0.2) is 4.98 Å². The van der Waals surface area contributed by atoms with Crippen LogP contribution < -0.4 is 10.1 Å². The molecule has 0 spiro atoms. The maximum absolute atomic E-state index is 11.7. The second-order valence-electron chi connectivity index (χ2n) is 9.12. The average molecular weight is 470 g/mol. The van der Waals surface area contributed by atoms with Crippen LogP contribution in [0.2, 0.25) is 0 Å². The fourth-order valence-corrected chi connectivity index (χ4v) is 4.98. The predicted octanol–water partition coefficient (Wildman–Crippen LogP) is 5.86. The summed E-state index contributed by atoms with van der Waals surface area (Å²) in [5.41, 5.74) is 9.11. The summed E-state index contributed by atoms with van der Waals surface area (Å²) in [4.78, 5) is 16.6. The lowest BCUT2D eigenvalue weighted by Crippen LogP contribution is -2.09. The molecule has 1 aliphatic rings. The van der Waals surface area contributed by atoms with E-state index in [-0.39, 0.29) is 11.9 Å². The molecule has 0 unspecified atom stereocenters. The highest BCUT2D eigenvalue weighted by molar-refractivity contribution is 5.82. The van der Waals surface area contributed by atoms with Crippen LogP contribution in [0.4, 0.5) is 5.69 Å². The van der Waals surface area contributed by atoms with E-state index in [1.54, 1.807) is 0 Å². The maximum Gasteiger partial charge on any atom is 0.306 e. The molecule has 1 aliphatic heterocycles. The molecule has 4 aromatic rings. The van der Waals surface area contributed by atoms with Crippen LogP contribution in [-0.4, -0.2) is 29.2 Å². The molecule has 0 saturated heterocycles. The molecule has 0 fully saturated rings. The summed E-state index contributed by atoms with van der Waals surface area (Å²) in [5.74, 6) is 1.74. The molecule has 5 rings (SSSR count). The first-order valence-corrected chi connectivity index (χ1v) is 12.1. The van der Waals surface area contributed by atoms with E-state index in [9.17, 15) is 4.79 Å². The van der Waals surface area contributed by atoms with Crippen LogP contribution in [-0.2, 0) is 22.5 Å². The summed E-state index contributed by atoms with van der Waals surface area (Å²) >= 11 is 0. The minimum absolute atomic E-state index is 0.0478. The number of esters is 1. The summed E-state index contributed by atoms with van der Waals surface area (Å²) < 4.78 is 13.0. The molecule has 35 heavy (non-hydrogen) atoms. The molecule has 180 valence electrons. The third-order valence-electron chi connectivity index (χ3n) is 6.94. The van der Waals surface area contributed by atoms with E-state index in [0.29, 0.717) is 19.6 Å². The second-order valence-corrected chi connectivity index (χ2v) is 9.12. The summed E-state index contributed by atoms with van der Waals surface area (Å²) in [6.45, 7) is 7.68. The normalized spacial score (nSPS) is 14.6. The van der Waals surface area contributed by atoms with Gasteiger partial charge in [0.05, 0.1) is 36.9 Å². The van der Waals surface area contributed by atoms with Crippen LogP contribution in [0.15, 0.2) is 54.6 Å². The summed E-state index contributed by atoms with van der Waals surface area (Å²) in [5, 5.41) is 3.55. The zero-order chi connectivity index (χ0) is 24.5. The monoisotopic (exact) mass is 469 g/mol. The number of hydrogen-bond acceptors (Lipinski definition) is 5. The Balaban J connectivity index is 1.40. The number of nitrogens with one attached hydrogen (secondary N) is 1. The number of carbonyl (C=O) groups excluding carboxylic acids is 1. The molecule has 0 bridgehead atoms. The molecule has 0 amide bonds. The Bertz CT molecular complexity index is 1410. The van der Waals surface area contributed by atoms with E-state index in [0.717, 1.165) is 34.8 Å². The largest absolute Gasteiger partial charge is 0.493 e. The van der Waals surface area contributed by atoms with Crippen molar-refractivity contribution < 1.29 is 14.3 Å². The third kappa shape index (κ3) is 4.25. The van der Waals surface area contributed by atoms with Gasteiger partial charge in [-0.05, 0) is 48.7 Å². The Labute approximate surface area is 205 Å². The molecule has 6 heteroatoms. The standard InChI is InChI=1S/C29H31N3O3/c1-5-27-31-24-10-6-8-18(2)29(24)32(27)25-11-7-9-20(19(25)3)16-30-22-12-13-23-21(14-28(33)34-4)17-35-26(23)15-22/h6-13,15,21,30H,5,14,16-17H2,1-4H3/t21-/m1/s1. The quantitative estimate of drug-likeness (QED) is 0.344. The number of aryl methyl sites for hydroxylation is 2. The molecular weight excluding hydrogens is 438 g/mol. The fraction of sp³-hybridized carbons (Fsp3) is 0.310. The maximum atomic E-state index is 11.7. The van der Waals surface area contributed by atoms with E-state index >= 15 is 0 Å². The van der Waals surface area contributed by atoms with Crippen LogP contribution in [0.3, 0.4) is 0 Å². The molecule has 0 radical (unpaired) electrons. The summed E-state index contributed by atoms with van der Waals surface area (Å²) in [6, 6.07) is 18.9. The van der Waals surface area contributed by atoms with Gasteiger partial charge >= 0.3 is 5.97 Å². The van der Waals surface area contributed by atoms with Crippen LogP contribution in [0.1, 0.15) is 47.3 Å². The molecule has 0 aliphatic carbocycles. The Kier molecular flexibility index (Phi) is 6.20. The molecule has 1 N–H and O–H groups in total. The zero-order valence-electron chi connectivity index (χ0n) is 20.7. The first-order chi connectivity index (χ1) is 17.0. The van der Waals surface area contributed by atoms with Crippen molar-refractivity contribution in [3.05, 3.63) is 82.7 Å². The fourth-order valence-electron chi connectivity index (χ4n) is 4.98. The molecule has 3 aromatic carbocycles. The van der Waals surface area contributed by atoms with Crippen molar-refractivity contribution in [1.82, 2.24) is 9.55 Å². The number of benzene rings is 3. The first kappa shape index (κ1) is 23.0. The van der Waals surface area contributed by atoms with Gasteiger partial charge in [-0.15, -0.1) is 0 Å². The van der Waals surface area contributed by atoms with Gasteiger partial charge in [-0.2, -0.15) is 0 Å². The van der Waals surface area contributed by atoms with Crippen molar-refractivity contribution in [3.63, 3.8) is 0 Å². The van der Waals surface area contributed by atoms with Gasteiger partial charge in [0.15, 0.2) is 0 Å². The molecule has 1 atom stereocenters. The number of imidazole rings is 1. The van der Waals surface area contributed by atoms with Gasteiger partial charge in [-0.1, -0.05) is 37.3 Å². The minimum atomic E-state index is -0.212. The number of para-hydroxylation sites is 1. The van der Waals surface area contributed by atoms with E-state index < -0.39 is 0 Å². The smallest absolute Gasteiger partial charge is 0.306 e. The van der Waals surface area contributed by atoms with Crippen molar-refractivity contribution in [2.24, 2.45) is 0 Å². The highest BCUT2D eigenvalue weighted by Gasteiger charge is 2.27. The van der Waals surface area contributed by atoms with Crippen LogP contribution in [0.5, 0.6) is 5.75 Å². The molecule has 2 heterocycles. The van der Waals surface area contributed by atoms with Gasteiger partial charge in [0.1, 0.15) is 11.6 Å². The van der Waals surface area contributed by atoms with Gasteiger partial charge in [0.2, 0.25) is 0 Å². The molecule has 1 aromatic heterocycles. The van der Waals surface area contributed by atoms with Crippen LogP contribution in [0, 0.1) is 13.8 Å². The second kappa shape index (κ2) is 9.45. The first-order valence-electron chi connectivity index (χ1n) is 12.1. The van der Waals surface area contributed by atoms with Gasteiger partial charge < -0.3 is 14.8 Å². The number of ether oxygens (including phenoxy) is 2. The summed E-state index contributed by atoms with van der Waals surface area (Å²) in [7, 11) is 1.42. The van der Waals surface area contributed by atoms with E-state index in [1.807, 2.05) is 6.07 Å². The molecule has 6 nitrogen and oxygen atoms in total. The van der Waals surface area contributed by atoms with Crippen molar-refractivity contribution in [2.75, 3.05) is 19.0 Å². The Morgan fingerprint density at radius 2 is 2.00 bits per heavy atom.